The predicted octanol–water partition coefficient (Wildman–Crippen LogP) is 2.57. The van der Waals surface area contributed by atoms with E-state index in [2.05, 4.69) is 13.2 Å². The van der Waals surface area contributed by atoms with Gasteiger partial charge in [0, 0.05) is 32.9 Å². The Hall–Kier alpha value is -2.03. The van der Waals surface area contributed by atoms with Crippen molar-refractivity contribution < 1.29 is 4.79 Å². The van der Waals surface area contributed by atoms with Crippen molar-refractivity contribution in [1.82, 2.24) is 4.90 Å². The van der Waals surface area contributed by atoms with E-state index in [1.807, 2.05) is 43.3 Å². The largest absolute Gasteiger partial charge is 0.377 e. The van der Waals surface area contributed by atoms with Gasteiger partial charge in [-0.1, -0.05) is 24.3 Å². The highest BCUT2D eigenvalue weighted by atomic mass is 16.2. The fraction of sp³-hybridized carbons (Fsp3) is 0.267. The van der Waals surface area contributed by atoms with Crippen LogP contribution in [0.4, 0.5) is 5.69 Å². The van der Waals surface area contributed by atoms with Gasteiger partial charge in [-0.2, -0.15) is 0 Å². The number of benzene rings is 1. The highest BCUT2D eigenvalue weighted by molar-refractivity contribution is 5.99. The first-order valence-electron chi connectivity index (χ1n) is 5.89. The molecule has 96 valence electrons. The van der Waals surface area contributed by atoms with E-state index in [1.54, 1.807) is 17.1 Å². The minimum absolute atomic E-state index is 0.000833. The molecular weight excluding hydrogens is 224 g/mol. The van der Waals surface area contributed by atoms with Crippen LogP contribution >= 0.6 is 0 Å². The van der Waals surface area contributed by atoms with E-state index in [0.717, 1.165) is 5.69 Å². The summed E-state index contributed by atoms with van der Waals surface area (Å²) in [6.45, 7) is 8.40. The normalized spacial score (nSPS) is 9.67. The minimum atomic E-state index is -0.000833. The molecule has 3 heteroatoms. The van der Waals surface area contributed by atoms with Gasteiger partial charge in [-0.25, -0.2) is 0 Å². The second-order valence-corrected chi connectivity index (χ2v) is 4.20. The summed E-state index contributed by atoms with van der Waals surface area (Å²) in [4.78, 5) is 16.1. The van der Waals surface area contributed by atoms with Crippen LogP contribution in [0.3, 0.4) is 0 Å². The van der Waals surface area contributed by atoms with Crippen molar-refractivity contribution in [2.75, 3.05) is 32.1 Å². The van der Waals surface area contributed by atoms with Gasteiger partial charge in [-0.05, 0) is 12.1 Å². The summed E-state index contributed by atoms with van der Waals surface area (Å²) < 4.78 is 0. The summed E-state index contributed by atoms with van der Waals surface area (Å²) in [5.41, 5.74) is 1.62. The number of para-hydroxylation sites is 1. The van der Waals surface area contributed by atoms with Crippen LogP contribution in [0.5, 0.6) is 0 Å². The molecule has 0 fully saturated rings. The highest BCUT2D eigenvalue weighted by Crippen LogP contribution is 2.19. The zero-order valence-electron chi connectivity index (χ0n) is 11.1. The predicted molar refractivity (Wildman–Crippen MR) is 77.1 cm³/mol. The standard InChI is InChI=1S/C15H20N2O/c1-5-11-17(12-6-2)15(18)13-9-7-8-10-14(13)16(3)4/h5-10H,1-2,11-12H2,3-4H3. The molecular formula is C15H20N2O. The lowest BCUT2D eigenvalue weighted by Crippen LogP contribution is -2.32. The molecule has 0 aromatic heterocycles. The summed E-state index contributed by atoms with van der Waals surface area (Å²) in [7, 11) is 3.86. The first-order chi connectivity index (χ1) is 8.61. The lowest BCUT2D eigenvalue weighted by molar-refractivity contribution is 0.0791. The third-order valence-corrected chi connectivity index (χ3v) is 2.60. The molecule has 1 amide bonds. The van der Waals surface area contributed by atoms with Crippen molar-refractivity contribution in [3.05, 3.63) is 55.1 Å². The van der Waals surface area contributed by atoms with Crippen molar-refractivity contribution >= 4 is 11.6 Å². The van der Waals surface area contributed by atoms with E-state index in [0.29, 0.717) is 18.7 Å². The van der Waals surface area contributed by atoms with E-state index >= 15 is 0 Å². The average molecular weight is 244 g/mol. The molecule has 3 nitrogen and oxygen atoms in total. The highest BCUT2D eigenvalue weighted by Gasteiger charge is 2.17. The number of hydrogen-bond acceptors (Lipinski definition) is 2. The van der Waals surface area contributed by atoms with Crippen LogP contribution in [0.2, 0.25) is 0 Å². The number of hydrogen-bond donors (Lipinski definition) is 0. The van der Waals surface area contributed by atoms with Gasteiger partial charge in [0.2, 0.25) is 0 Å². The number of anilines is 1. The monoisotopic (exact) mass is 244 g/mol. The van der Waals surface area contributed by atoms with Gasteiger partial charge < -0.3 is 9.80 Å². The molecule has 0 spiro atoms. The molecule has 0 radical (unpaired) electrons. The molecule has 0 aliphatic heterocycles. The molecule has 0 aliphatic carbocycles. The number of carbonyl (C=O) groups is 1. The first kappa shape index (κ1) is 14.0. The maximum absolute atomic E-state index is 12.5. The lowest BCUT2D eigenvalue weighted by Gasteiger charge is -2.23. The van der Waals surface area contributed by atoms with Crippen LogP contribution in [0.1, 0.15) is 10.4 Å². The Balaban J connectivity index is 3.07. The maximum atomic E-state index is 12.5. The number of amides is 1. The van der Waals surface area contributed by atoms with E-state index in [4.69, 9.17) is 0 Å². The van der Waals surface area contributed by atoms with Crippen molar-refractivity contribution in [3.63, 3.8) is 0 Å². The van der Waals surface area contributed by atoms with Crippen molar-refractivity contribution in [3.8, 4) is 0 Å². The average Bonchev–Trinajstić information content (AvgIpc) is 2.37. The molecule has 0 atom stereocenters. The topological polar surface area (TPSA) is 23.6 Å². The molecule has 0 unspecified atom stereocenters. The van der Waals surface area contributed by atoms with Gasteiger partial charge in [0.15, 0.2) is 0 Å². The Morgan fingerprint density at radius 1 is 1.17 bits per heavy atom. The van der Waals surface area contributed by atoms with Crippen LogP contribution in [0.25, 0.3) is 0 Å². The van der Waals surface area contributed by atoms with Crippen LogP contribution in [0, 0.1) is 0 Å². The zero-order valence-corrected chi connectivity index (χ0v) is 11.1. The number of carbonyl (C=O) groups excluding carboxylic acids is 1. The summed E-state index contributed by atoms with van der Waals surface area (Å²) >= 11 is 0. The minimum Gasteiger partial charge on any atom is -0.377 e. The molecule has 1 aromatic rings. The van der Waals surface area contributed by atoms with Crippen LogP contribution < -0.4 is 4.90 Å². The second kappa shape index (κ2) is 6.64. The van der Waals surface area contributed by atoms with Gasteiger partial charge in [0.25, 0.3) is 5.91 Å². The number of rotatable bonds is 6. The van der Waals surface area contributed by atoms with E-state index in [1.165, 1.54) is 0 Å². The molecule has 1 rings (SSSR count). The van der Waals surface area contributed by atoms with Gasteiger partial charge in [0.1, 0.15) is 0 Å². The molecule has 0 N–H and O–H groups in total. The molecule has 0 heterocycles. The smallest absolute Gasteiger partial charge is 0.256 e. The quantitative estimate of drug-likeness (QED) is 0.718. The van der Waals surface area contributed by atoms with Crippen molar-refractivity contribution in [2.24, 2.45) is 0 Å². The van der Waals surface area contributed by atoms with Crippen LogP contribution in [-0.4, -0.2) is 38.0 Å². The van der Waals surface area contributed by atoms with Gasteiger partial charge >= 0.3 is 0 Å². The van der Waals surface area contributed by atoms with Crippen molar-refractivity contribution in [1.29, 1.82) is 0 Å². The van der Waals surface area contributed by atoms with Gasteiger partial charge in [0.05, 0.1) is 5.56 Å². The Bertz CT molecular complexity index is 428. The third kappa shape index (κ3) is 3.23. The summed E-state index contributed by atoms with van der Waals surface area (Å²) in [5.74, 6) is -0.000833. The van der Waals surface area contributed by atoms with E-state index in [9.17, 15) is 4.79 Å². The Kier molecular flexibility index (Phi) is 5.18. The molecule has 0 aliphatic rings. The second-order valence-electron chi connectivity index (χ2n) is 4.20. The Morgan fingerprint density at radius 3 is 2.22 bits per heavy atom. The van der Waals surface area contributed by atoms with E-state index in [-0.39, 0.29) is 5.91 Å². The summed E-state index contributed by atoms with van der Waals surface area (Å²) in [6.07, 6.45) is 3.44. The zero-order chi connectivity index (χ0) is 13.5. The van der Waals surface area contributed by atoms with E-state index < -0.39 is 0 Å². The first-order valence-corrected chi connectivity index (χ1v) is 5.89. The van der Waals surface area contributed by atoms with Gasteiger partial charge in [-0.3, -0.25) is 4.79 Å². The van der Waals surface area contributed by atoms with Crippen molar-refractivity contribution in [2.45, 2.75) is 0 Å². The fourth-order valence-electron chi connectivity index (χ4n) is 1.77. The Labute approximate surface area is 109 Å². The van der Waals surface area contributed by atoms with Gasteiger partial charge in [-0.15, -0.1) is 13.2 Å². The SMILES string of the molecule is C=CCN(CC=C)C(=O)c1ccccc1N(C)C. The lowest BCUT2D eigenvalue weighted by atomic mass is 10.1. The Morgan fingerprint density at radius 2 is 1.72 bits per heavy atom. The molecule has 0 saturated carbocycles. The molecule has 18 heavy (non-hydrogen) atoms. The maximum Gasteiger partial charge on any atom is 0.256 e. The number of nitrogens with zero attached hydrogens (tertiary/aromatic N) is 2. The van der Waals surface area contributed by atoms with Crippen LogP contribution in [-0.2, 0) is 0 Å². The summed E-state index contributed by atoms with van der Waals surface area (Å²) in [5, 5.41) is 0. The summed E-state index contributed by atoms with van der Waals surface area (Å²) in [6, 6.07) is 7.59. The molecule has 0 saturated heterocycles. The van der Waals surface area contributed by atoms with Crippen LogP contribution in [0.15, 0.2) is 49.6 Å². The molecule has 0 bridgehead atoms. The fourth-order valence-corrected chi connectivity index (χ4v) is 1.77. The third-order valence-electron chi connectivity index (χ3n) is 2.60. The molecule has 1 aromatic carbocycles.